The Kier molecular flexibility index (Phi) is 4.78. The van der Waals surface area contributed by atoms with Crippen molar-refractivity contribution in [3.8, 4) is 0 Å². The second-order valence-electron chi connectivity index (χ2n) is 5.67. The zero-order chi connectivity index (χ0) is 12.2. The van der Waals surface area contributed by atoms with Crippen LogP contribution in [0.1, 0.15) is 52.9 Å². The lowest BCUT2D eigenvalue weighted by Gasteiger charge is -2.30. The van der Waals surface area contributed by atoms with Crippen LogP contribution in [0.3, 0.4) is 0 Å². The van der Waals surface area contributed by atoms with E-state index >= 15 is 0 Å². The Morgan fingerprint density at radius 1 is 1.38 bits per heavy atom. The monoisotopic (exact) mass is 227 g/mol. The van der Waals surface area contributed by atoms with Crippen molar-refractivity contribution in [3.05, 3.63) is 0 Å². The molecule has 16 heavy (non-hydrogen) atoms. The molecule has 3 nitrogen and oxygen atoms in total. The Balaban J connectivity index is 2.43. The van der Waals surface area contributed by atoms with Crippen molar-refractivity contribution in [2.45, 2.75) is 58.9 Å². The molecule has 1 unspecified atom stereocenters. The van der Waals surface area contributed by atoms with Crippen LogP contribution in [0.4, 0.5) is 0 Å². The van der Waals surface area contributed by atoms with Crippen molar-refractivity contribution in [1.82, 2.24) is 4.90 Å². The highest BCUT2D eigenvalue weighted by Gasteiger charge is 2.28. The Morgan fingerprint density at radius 3 is 2.69 bits per heavy atom. The Morgan fingerprint density at radius 2 is 2.06 bits per heavy atom. The van der Waals surface area contributed by atoms with Crippen LogP contribution in [0.2, 0.25) is 0 Å². The number of carboxylic acids is 1. The van der Waals surface area contributed by atoms with E-state index < -0.39 is 11.4 Å². The van der Waals surface area contributed by atoms with Crippen molar-refractivity contribution in [2.24, 2.45) is 5.41 Å². The van der Waals surface area contributed by atoms with Crippen molar-refractivity contribution >= 4 is 5.97 Å². The van der Waals surface area contributed by atoms with Crippen molar-refractivity contribution in [3.63, 3.8) is 0 Å². The molecule has 0 aromatic rings. The maximum Gasteiger partial charge on any atom is 0.309 e. The number of rotatable bonds is 4. The molecule has 1 N–H and O–H groups in total. The first-order chi connectivity index (χ1) is 7.43. The number of carbonyl (C=O) groups is 1. The average Bonchev–Trinajstić information content (AvgIpc) is 2.40. The second kappa shape index (κ2) is 5.67. The smallest absolute Gasteiger partial charge is 0.309 e. The highest BCUT2D eigenvalue weighted by atomic mass is 16.4. The first-order valence-electron chi connectivity index (χ1n) is 6.41. The van der Waals surface area contributed by atoms with Crippen molar-refractivity contribution in [1.29, 1.82) is 0 Å². The largest absolute Gasteiger partial charge is 0.481 e. The van der Waals surface area contributed by atoms with E-state index in [1.54, 1.807) is 0 Å². The summed E-state index contributed by atoms with van der Waals surface area (Å²) in [6.07, 6.45) is 5.90. The van der Waals surface area contributed by atoms with E-state index in [9.17, 15) is 4.79 Å². The molecule has 1 fully saturated rings. The van der Waals surface area contributed by atoms with Gasteiger partial charge in [0.1, 0.15) is 0 Å². The third-order valence-electron chi connectivity index (χ3n) is 3.79. The van der Waals surface area contributed by atoms with E-state index in [-0.39, 0.29) is 0 Å². The van der Waals surface area contributed by atoms with E-state index in [0.29, 0.717) is 6.04 Å². The van der Waals surface area contributed by atoms with Gasteiger partial charge in [-0.2, -0.15) is 0 Å². The van der Waals surface area contributed by atoms with Crippen LogP contribution in [-0.2, 0) is 4.79 Å². The summed E-state index contributed by atoms with van der Waals surface area (Å²) in [7, 11) is 0. The fourth-order valence-electron chi connectivity index (χ4n) is 2.20. The summed E-state index contributed by atoms with van der Waals surface area (Å²) in [4.78, 5) is 13.5. The molecular weight excluding hydrogens is 202 g/mol. The van der Waals surface area contributed by atoms with Gasteiger partial charge in [-0.05, 0) is 53.1 Å². The highest BCUT2D eigenvalue weighted by Crippen LogP contribution is 2.23. The van der Waals surface area contributed by atoms with E-state index in [1.807, 2.05) is 13.8 Å². The minimum Gasteiger partial charge on any atom is -0.481 e. The quantitative estimate of drug-likeness (QED) is 0.803. The lowest BCUT2D eigenvalue weighted by Crippen LogP contribution is -2.37. The summed E-state index contributed by atoms with van der Waals surface area (Å²) < 4.78 is 0. The molecule has 94 valence electrons. The Bertz CT molecular complexity index is 238. The second-order valence-corrected chi connectivity index (χ2v) is 5.67. The predicted octanol–water partition coefficient (Wildman–Crippen LogP) is 2.75. The number of carboxylic acid groups (broad SMARTS) is 1. The molecule has 1 aliphatic heterocycles. The molecule has 0 aromatic heterocycles. The van der Waals surface area contributed by atoms with Crippen molar-refractivity contribution < 1.29 is 9.90 Å². The first kappa shape index (κ1) is 13.5. The molecule has 3 heteroatoms. The van der Waals surface area contributed by atoms with E-state index in [0.717, 1.165) is 19.5 Å². The molecule has 0 amide bonds. The van der Waals surface area contributed by atoms with E-state index in [1.165, 1.54) is 25.7 Å². The summed E-state index contributed by atoms with van der Waals surface area (Å²) in [5.74, 6) is -0.685. The fraction of sp³-hybridized carbons (Fsp3) is 0.923. The van der Waals surface area contributed by atoms with Crippen LogP contribution >= 0.6 is 0 Å². The molecular formula is C13H25NO2. The Labute approximate surface area is 98.8 Å². The summed E-state index contributed by atoms with van der Waals surface area (Å²) >= 11 is 0. The third-order valence-corrected chi connectivity index (χ3v) is 3.79. The molecule has 0 aromatic carbocycles. The van der Waals surface area contributed by atoms with Gasteiger partial charge < -0.3 is 10.0 Å². The summed E-state index contributed by atoms with van der Waals surface area (Å²) in [6.45, 7) is 7.95. The number of hydrogen-bond acceptors (Lipinski definition) is 2. The topological polar surface area (TPSA) is 40.5 Å². The normalized spacial score (nSPS) is 24.1. The van der Waals surface area contributed by atoms with Crippen LogP contribution < -0.4 is 0 Å². The van der Waals surface area contributed by atoms with E-state index in [4.69, 9.17) is 5.11 Å². The van der Waals surface area contributed by atoms with Gasteiger partial charge in [-0.25, -0.2) is 0 Å². The maximum atomic E-state index is 11.0. The molecule has 1 atom stereocenters. The van der Waals surface area contributed by atoms with Crippen LogP contribution in [-0.4, -0.2) is 35.1 Å². The SMILES string of the molecule is CC1CCCCCN1CCC(C)(C)C(=O)O. The molecule has 0 bridgehead atoms. The minimum atomic E-state index is -0.685. The van der Waals surface area contributed by atoms with Gasteiger partial charge in [0.2, 0.25) is 0 Å². The summed E-state index contributed by atoms with van der Waals surface area (Å²) in [5, 5.41) is 9.07. The summed E-state index contributed by atoms with van der Waals surface area (Å²) in [6, 6.07) is 0.618. The highest BCUT2D eigenvalue weighted by molar-refractivity contribution is 5.73. The van der Waals surface area contributed by atoms with Crippen LogP contribution in [0, 0.1) is 5.41 Å². The molecule has 1 saturated heterocycles. The molecule has 0 saturated carbocycles. The van der Waals surface area contributed by atoms with Crippen molar-refractivity contribution in [2.75, 3.05) is 13.1 Å². The van der Waals surface area contributed by atoms with Crippen LogP contribution in [0.15, 0.2) is 0 Å². The lowest BCUT2D eigenvalue weighted by atomic mass is 9.89. The van der Waals surface area contributed by atoms with Gasteiger partial charge in [0.05, 0.1) is 5.41 Å². The number of nitrogens with zero attached hydrogens (tertiary/aromatic N) is 1. The third kappa shape index (κ3) is 3.78. The van der Waals surface area contributed by atoms with Gasteiger partial charge in [-0.3, -0.25) is 4.79 Å². The van der Waals surface area contributed by atoms with Gasteiger partial charge in [0.15, 0.2) is 0 Å². The molecule has 0 radical (unpaired) electrons. The number of aliphatic carboxylic acids is 1. The zero-order valence-corrected chi connectivity index (χ0v) is 10.8. The molecule has 1 heterocycles. The zero-order valence-electron chi connectivity index (χ0n) is 10.8. The first-order valence-corrected chi connectivity index (χ1v) is 6.41. The molecule has 1 aliphatic rings. The molecule has 1 rings (SSSR count). The van der Waals surface area contributed by atoms with Gasteiger partial charge in [0.25, 0.3) is 0 Å². The molecule has 0 aliphatic carbocycles. The lowest BCUT2D eigenvalue weighted by molar-refractivity contribution is -0.147. The van der Waals surface area contributed by atoms with Gasteiger partial charge in [-0.1, -0.05) is 12.8 Å². The van der Waals surface area contributed by atoms with Gasteiger partial charge in [-0.15, -0.1) is 0 Å². The maximum absolute atomic E-state index is 11.0. The van der Waals surface area contributed by atoms with Crippen LogP contribution in [0.25, 0.3) is 0 Å². The van der Waals surface area contributed by atoms with E-state index in [2.05, 4.69) is 11.8 Å². The average molecular weight is 227 g/mol. The number of likely N-dealkylation sites (tertiary alicyclic amines) is 1. The minimum absolute atomic E-state index is 0.591. The van der Waals surface area contributed by atoms with Gasteiger partial charge in [0, 0.05) is 6.04 Å². The standard InChI is InChI=1S/C13H25NO2/c1-11-7-5-4-6-9-14(11)10-8-13(2,3)12(15)16/h11H,4-10H2,1-3H3,(H,15,16). The molecule has 0 spiro atoms. The Hall–Kier alpha value is -0.570. The van der Waals surface area contributed by atoms with Gasteiger partial charge >= 0.3 is 5.97 Å². The van der Waals surface area contributed by atoms with Crippen LogP contribution in [0.5, 0.6) is 0 Å². The number of hydrogen-bond donors (Lipinski definition) is 1. The summed E-state index contributed by atoms with van der Waals surface area (Å²) in [5.41, 5.74) is -0.591. The fourth-order valence-corrected chi connectivity index (χ4v) is 2.20. The predicted molar refractivity (Wildman–Crippen MR) is 65.5 cm³/mol.